The number of aromatic carboxylic acids is 1. The zero-order valence-electron chi connectivity index (χ0n) is 10.3. The van der Waals surface area contributed by atoms with Crippen molar-refractivity contribution in [2.75, 3.05) is 0 Å². The van der Waals surface area contributed by atoms with Crippen LogP contribution in [0.15, 0.2) is 20.9 Å². The lowest BCUT2D eigenvalue weighted by molar-refractivity contribution is 0.0690. The van der Waals surface area contributed by atoms with E-state index in [1.807, 2.05) is 12.1 Å². The van der Waals surface area contributed by atoms with E-state index < -0.39 is 5.97 Å². The number of aryl methyl sites for hydroxylation is 2. The number of carbonyl (C=O) groups is 1. The van der Waals surface area contributed by atoms with Crippen molar-refractivity contribution in [3.8, 4) is 0 Å². The second-order valence-electron chi connectivity index (χ2n) is 3.84. The minimum Gasteiger partial charge on any atom is -0.478 e. The molecule has 0 spiro atoms. The van der Waals surface area contributed by atoms with Gasteiger partial charge in [-0.05, 0) is 41.9 Å². The first-order valence-corrected chi connectivity index (χ1v) is 8.02. The van der Waals surface area contributed by atoms with E-state index in [-0.39, 0.29) is 5.56 Å². The van der Waals surface area contributed by atoms with E-state index in [0.29, 0.717) is 22.3 Å². The zero-order chi connectivity index (χ0) is 14.0. The first-order valence-electron chi connectivity index (χ1n) is 5.43. The molecule has 0 aliphatic heterocycles. The third kappa shape index (κ3) is 3.55. The highest BCUT2D eigenvalue weighted by molar-refractivity contribution is 9.11. The van der Waals surface area contributed by atoms with E-state index >= 15 is 0 Å². The van der Waals surface area contributed by atoms with Crippen molar-refractivity contribution in [1.82, 2.24) is 9.97 Å². The van der Waals surface area contributed by atoms with Crippen LogP contribution in [0, 0.1) is 13.8 Å². The smallest absolute Gasteiger partial charge is 0.340 e. The van der Waals surface area contributed by atoms with Gasteiger partial charge in [0.2, 0.25) is 0 Å². The molecule has 0 saturated heterocycles. The molecule has 0 unspecified atom stereocenters. The summed E-state index contributed by atoms with van der Waals surface area (Å²) in [6.07, 6.45) is 0. The Morgan fingerprint density at radius 2 is 2.16 bits per heavy atom. The minimum absolute atomic E-state index is 0.200. The first-order chi connectivity index (χ1) is 8.97. The van der Waals surface area contributed by atoms with Crippen LogP contribution in [0.1, 0.15) is 26.8 Å². The Hall–Kier alpha value is -0.920. The monoisotopic (exact) mass is 358 g/mol. The summed E-state index contributed by atoms with van der Waals surface area (Å²) in [5.41, 5.74) is 0.709. The molecular weight excluding hydrogens is 348 g/mol. The van der Waals surface area contributed by atoms with E-state index in [1.54, 1.807) is 25.2 Å². The lowest BCUT2D eigenvalue weighted by atomic mass is 10.2. The van der Waals surface area contributed by atoms with Crippen molar-refractivity contribution in [2.45, 2.75) is 24.6 Å². The zero-order valence-corrected chi connectivity index (χ0v) is 13.5. The van der Waals surface area contributed by atoms with Crippen molar-refractivity contribution < 1.29 is 9.90 Å². The predicted molar refractivity (Wildman–Crippen MR) is 80.0 cm³/mol. The van der Waals surface area contributed by atoms with Gasteiger partial charge in [-0.15, -0.1) is 11.3 Å². The molecule has 7 heteroatoms. The van der Waals surface area contributed by atoms with Gasteiger partial charge < -0.3 is 5.11 Å². The number of hydrogen-bond acceptors (Lipinski definition) is 5. The van der Waals surface area contributed by atoms with Gasteiger partial charge in [-0.3, -0.25) is 0 Å². The van der Waals surface area contributed by atoms with Crippen LogP contribution in [0.2, 0.25) is 0 Å². The number of nitrogens with zero attached hydrogens (tertiary/aromatic N) is 2. The van der Waals surface area contributed by atoms with Crippen LogP contribution in [0.3, 0.4) is 0 Å². The van der Waals surface area contributed by atoms with E-state index in [2.05, 4.69) is 25.9 Å². The molecule has 4 nitrogen and oxygen atoms in total. The molecule has 2 aromatic heterocycles. The molecule has 0 fully saturated rings. The Labute approximate surface area is 127 Å². The van der Waals surface area contributed by atoms with Crippen LogP contribution in [-0.2, 0) is 5.75 Å². The third-order valence-corrected chi connectivity index (χ3v) is 5.19. The van der Waals surface area contributed by atoms with Crippen LogP contribution in [0.25, 0.3) is 0 Å². The highest BCUT2D eigenvalue weighted by Gasteiger charge is 2.17. The number of thiophene rings is 1. The molecule has 0 atom stereocenters. The molecule has 0 aliphatic carbocycles. The number of thioether (sulfide) groups is 1. The number of carboxylic acids is 1. The van der Waals surface area contributed by atoms with Crippen molar-refractivity contribution >= 4 is 45.0 Å². The summed E-state index contributed by atoms with van der Waals surface area (Å²) in [4.78, 5) is 20.8. The quantitative estimate of drug-likeness (QED) is 0.662. The van der Waals surface area contributed by atoms with Gasteiger partial charge >= 0.3 is 5.97 Å². The standard InChI is InChI=1S/C12H11BrN2O2S2/c1-6-10(12(16)17)11(15-7(2)14-6)18-5-8-3-4-9(13)19-8/h3-4H,5H2,1-2H3,(H,16,17). The number of rotatable bonds is 4. The van der Waals surface area contributed by atoms with Crippen LogP contribution < -0.4 is 0 Å². The molecule has 0 aromatic carbocycles. The Bertz CT molecular complexity index is 628. The van der Waals surface area contributed by atoms with Crippen molar-refractivity contribution in [2.24, 2.45) is 0 Å². The molecule has 0 bridgehead atoms. The fraction of sp³-hybridized carbons (Fsp3) is 0.250. The Kier molecular flexibility index (Phi) is 4.59. The van der Waals surface area contributed by atoms with Crippen LogP contribution >= 0.6 is 39.0 Å². The first kappa shape index (κ1) is 14.5. The topological polar surface area (TPSA) is 63.1 Å². The van der Waals surface area contributed by atoms with Crippen LogP contribution in [0.4, 0.5) is 0 Å². The Morgan fingerprint density at radius 3 is 2.74 bits per heavy atom. The van der Waals surface area contributed by atoms with E-state index in [4.69, 9.17) is 0 Å². The summed E-state index contributed by atoms with van der Waals surface area (Å²) in [5.74, 6) is 0.316. The van der Waals surface area contributed by atoms with Crippen LogP contribution in [0.5, 0.6) is 0 Å². The summed E-state index contributed by atoms with van der Waals surface area (Å²) in [5, 5.41) is 9.77. The number of carboxylic acid groups (broad SMARTS) is 1. The van der Waals surface area contributed by atoms with Gasteiger partial charge in [0.15, 0.2) is 0 Å². The maximum atomic E-state index is 11.3. The second kappa shape index (κ2) is 6.02. The van der Waals surface area contributed by atoms with Crippen molar-refractivity contribution in [3.63, 3.8) is 0 Å². The fourth-order valence-electron chi connectivity index (χ4n) is 1.60. The average molecular weight is 359 g/mol. The van der Waals surface area contributed by atoms with Gasteiger partial charge in [-0.1, -0.05) is 11.8 Å². The van der Waals surface area contributed by atoms with Gasteiger partial charge in [-0.2, -0.15) is 0 Å². The van der Waals surface area contributed by atoms with E-state index in [0.717, 1.165) is 3.79 Å². The average Bonchev–Trinajstić information content (AvgIpc) is 2.71. The van der Waals surface area contributed by atoms with Crippen molar-refractivity contribution in [3.05, 3.63) is 37.9 Å². The van der Waals surface area contributed by atoms with Gasteiger partial charge in [0.25, 0.3) is 0 Å². The van der Waals surface area contributed by atoms with Crippen LogP contribution in [-0.4, -0.2) is 21.0 Å². The summed E-state index contributed by atoms with van der Waals surface area (Å²) >= 11 is 6.47. The van der Waals surface area contributed by atoms with Gasteiger partial charge in [-0.25, -0.2) is 14.8 Å². The molecular formula is C12H11BrN2O2S2. The number of halogens is 1. The Morgan fingerprint density at radius 1 is 1.42 bits per heavy atom. The number of aromatic nitrogens is 2. The largest absolute Gasteiger partial charge is 0.478 e. The summed E-state index contributed by atoms with van der Waals surface area (Å²) in [7, 11) is 0. The predicted octanol–water partition coefficient (Wildman–Crippen LogP) is 3.91. The molecule has 0 saturated carbocycles. The molecule has 19 heavy (non-hydrogen) atoms. The fourth-order valence-corrected chi connectivity index (χ4v) is 4.24. The molecule has 2 heterocycles. The van der Waals surface area contributed by atoms with Gasteiger partial charge in [0.05, 0.1) is 9.48 Å². The molecule has 100 valence electrons. The Balaban J connectivity index is 2.26. The van der Waals surface area contributed by atoms with E-state index in [1.165, 1.54) is 16.6 Å². The maximum Gasteiger partial charge on any atom is 0.340 e. The van der Waals surface area contributed by atoms with Gasteiger partial charge in [0, 0.05) is 10.6 Å². The third-order valence-electron chi connectivity index (χ3n) is 2.36. The summed E-state index contributed by atoms with van der Waals surface area (Å²) in [6.45, 7) is 3.47. The minimum atomic E-state index is -0.979. The molecule has 0 aliphatic rings. The molecule has 1 N–H and O–H groups in total. The lowest BCUT2D eigenvalue weighted by Gasteiger charge is -2.07. The maximum absolute atomic E-state index is 11.3. The molecule has 2 aromatic rings. The normalized spacial score (nSPS) is 10.7. The lowest BCUT2D eigenvalue weighted by Crippen LogP contribution is -2.08. The number of hydrogen-bond donors (Lipinski definition) is 1. The summed E-state index contributed by atoms with van der Waals surface area (Å²) in [6, 6.07) is 4.00. The highest BCUT2D eigenvalue weighted by Crippen LogP contribution is 2.30. The van der Waals surface area contributed by atoms with E-state index in [9.17, 15) is 9.90 Å². The SMILES string of the molecule is Cc1nc(C)c(C(=O)O)c(SCc2ccc(Br)s2)n1. The van der Waals surface area contributed by atoms with Gasteiger partial charge in [0.1, 0.15) is 16.4 Å². The van der Waals surface area contributed by atoms with Crippen molar-refractivity contribution in [1.29, 1.82) is 0 Å². The highest BCUT2D eigenvalue weighted by atomic mass is 79.9. The second-order valence-corrected chi connectivity index (χ2v) is 7.35. The molecule has 0 amide bonds. The summed E-state index contributed by atoms with van der Waals surface area (Å²) < 4.78 is 1.07. The molecule has 0 radical (unpaired) electrons. The molecule has 2 rings (SSSR count).